The van der Waals surface area contributed by atoms with E-state index < -0.39 is 18.1 Å². The van der Waals surface area contributed by atoms with E-state index >= 15 is 0 Å². The molecule has 122 valence electrons. The molecule has 0 aromatic heterocycles. The highest BCUT2D eigenvalue weighted by molar-refractivity contribution is 5.68. The maximum Gasteiger partial charge on any atom is 0.573 e. The quantitative estimate of drug-likeness (QED) is 0.908. The van der Waals surface area contributed by atoms with Crippen molar-refractivity contribution in [3.63, 3.8) is 0 Å². The number of ether oxygens (including phenoxy) is 2. The molecule has 0 saturated carbocycles. The van der Waals surface area contributed by atoms with Crippen LogP contribution in [0, 0.1) is 0 Å². The van der Waals surface area contributed by atoms with Crippen molar-refractivity contribution in [3.05, 3.63) is 35.9 Å². The van der Waals surface area contributed by atoms with Gasteiger partial charge < -0.3 is 14.8 Å². The summed E-state index contributed by atoms with van der Waals surface area (Å²) < 4.78 is 45.7. The number of carbonyl (C=O) groups excluding carboxylic acids is 1. The first-order valence-electron chi connectivity index (χ1n) is 6.55. The first-order chi connectivity index (χ1) is 10.1. The van der Waals surface area contributed by atoms with E-state index in [1.54, 1.807) is 26.8 Å². The Labute approximate surface area is 126 Å². The van der Waals surface area contributed by atoms with Gasteiger partial charge in [0.15, 0.2) is 0 Å². The normalized spacial score (nSPS) is 12.3. The smallest absolute Gasteiger partial charge is 0.444 e. The molecule has 0 fully saturated rings. The van der Waals surface area contributed by atoms with E-state index in [-0.39, 0.29) is 17.9 Å². The van der Waals surface area contributed by atoms with Crippen molar-refractivity contribution in [1.29, 1.82) is 0 Å². The van der Waals surface area contributed by atoms with Gasteiger partial charge >= 0.3 is 12.5 Å². The lowest BCUT2D eigenvalue weighted by atomic mass is 10.2. The van der Waals surface area contributed by atoms with E-state index in [2.05, 4.69) is 10.1 Å². The number of hydrogen-bond acceptors (Lipinski definition) is 3. The summed E-state index contributed by atoms with van der Waals surface area (Å²) in [5.41, 5.74) is -0.355. The molecule has 4 nitrogen and oxygen atoms in total. The second kappa shape index (κ2) is 7.20. The molecule has 0 radical (unpaired) electrons. The first-order valence-corrected chi connectivity index (χ1v) is 6.55. The SMILES string of the molecule is CC(C)(C)OC(=O)NCC=Cc1ccccc1OC(F)(F)F. The molecule has 1 rings (SSSR count). The number of amides is 1. The molecule has 0 aliphatic rings. The summed E-state index contributed by atoms with van der Waals surface area (Å²) in [6.45, 7) is 5.31. The number of halogens is 3. The van der Waals surface area contributed by atoms with Gasteiger partial charge in [0, 0.05) is 12.1 Å². The van der Waals surface area contributed by atoms with Crippen LogP contribution in [0.5, 0.6) is 5.75 Å². The molecule has 0 bridgehead atoms. The van der Waals surface area contributed by atoms with Crippen molar-refractivity contribution in [1.82, 2.24) is 5.32 Å². The Bertz CT molecular complexity index is 534. The third kappa shape index (κ3) is 7.56. The van der Waals surface area contributed by atoms with Crippen LogP contribution in [0.1, 0.15) is 26.3 Å². The Morgan fingerprint density at radius 2 is 1.86 bits per heavy atom. The second-order valence-electron chi connectivity index (χ2n) is 5.37. The standard InChI is InChI=1S/C15H18F3NO3/c1-14(2,3)22-13(20)19-10-6-8-11-7-4-5-9-12(11)21-15(16,17)18/h4-9H,10H2,1-3H3,(H,19,20). The van der Waals surface area contributed by atoms with E-state index in [0.29, 0.717) is 0 Å². The number of hydrogen-bond donors (Lipinski definition) is 1. The number of benzene rings is 1. The molecular weight excluding hydrogens is 299 g/mol. The van der Waals surface area contributed by atoms with Crippen LogP contribution in [0.2, 0.25) is 0 Å². The number of para-hydroxylation sites is 1. The zero-order chi connectivity index (χ0) is 16.8. The van der Waals surface area contributed by atoms with Crippen molar-refractivity contribution in [2.24, 2.45) is 0 Å². The zero-order valence-electron chi connectivity index (χ0n) is 12.5. The summed E-state index contributed by atoms with van der Waals surface area (Å²) in [6.07, 6.45) is -2.42. The van der Waals surface area contributed by atoms with Crippen LogP contribution >= 0.6 is 0 Å². The monoisotopic (exact) mass is 317 g/mol. The van der Waals surface area contributed by atoms with Crippen LogP contribution < -0.4 is 10.1 Å². The Balaban J connectivity index is 2.58. The van der Waals surface area contributed by atoms with Crippen LogP contribution in [0.15, 0.2) is 30.3 Å². The molecule has 0 aliphatic carbocycles. The highest BCUT2D eigenvalue weighted by Crippen LogP contribution is 2.26. The molecule has 1 N–H and O–H groups in total. The number of rotatable bonds is 4. The topological polar surface area (TPSA) is 47.6 Å². The lowest BCUT2D eigenvalue weighted by Gasteiger charge is -2.19. The Morgan fingerprint density at radius 3 is 2.45 bits per heavy atom. The van der Waals surface area contributed by atoms with Gasteiger partial charge in [0.05, 0.1) is 0 Å². The number of nitrogens with one attached hydrogen (secondary N) is 1. The minimum Gasteiger partial charge on any atom is -0.444 e. The minimum absolute atomic E-state index is 0.120. The molecule has 0 atom stereocenters. The predicted molar refractivity (Wildman–Crippen MR) is 76.4 cm³/mol. The molecule has 1 aromatic carbocycles. The molecule has 22 heavy (non-hydrogen) atoms. The lowest BCUT2D eigenvalue weighted by molar-refractivity contribution is -0.274. The van der Waals surface area contributed by atoms with Gasteiger partial charge in [-0.3, -0.25) is 0 Å². The average molecular weight is 317 g/mol. The van der Waals surface area contributed by atoms with Crippen LogP contribution in [0.25, 0.3) is 6.08 Å². The predicted octanol–water partition coefficient (Wildman–Crippen LogP) is 4.12. The van der Waals surface area contributed by atoms with Gasteiger partial charge in [-0.15, -0.1) is 13.2 Å². The van der Waals surface area contributed by atoms with E-state index in [1.165, 1.54) is 30.4 Å². The van der Waals surface area contributed by atoms with Crippen molar-refractivity contribution in [3.8, 4) is 5.75 Å². The summed E-state index contributed by atoms with van der Waals surface area (Å²) in [5.74, 6) is -0.302. The minimum atomic E-state index is -4.75. The second-order valence-corrected chi connectivity index (χ2v) is 5.37. The Morgan fingerprint density at radius 1 is 1.23 bits per heavy atom. The summed E-state index contributed by atoms with van der Waals surface area (Å²) in [4.78, 5) is 11.4. The van der Waals surface area contributed by atoms with E-state index in [9.17, 15) is 18.0 Å². The van der Waals surface area contributed by atoms with Gasteiger partial charge in [0.25, 0.3) is 0 Å². The molecule has 1 amide bonds. The average Bonchev–Trinajstić information content (AvgIpc) is 2.32. The highest BCUT2D eigenvalue weighted by Gasteiger charge is 2.31. The third-order valence-corrected chi connectivity index (χ3v) is 2.21. The van der Waals surface area contributed by atoms with Gasteiger partial charge in [0.2, 0.25) is 0 Å². The van der Waals surface area contributed by atoms with Crippen LogP contribution in [0.3, 0.4) is 0 Å². The summed E-state index contributed by atoms with van der Waals surface area (Å²) in [5, 5.41) is 2.47. The van der Waals surface area contributed by atoms with Gasteiger partial charge in [-0.05, 0) is 26.8 Å². The molecule has 1 aromatic rings. The van der Waals surface area contributed by atoms with Gasteiger partial charge in [-0.25, -0.2) is 4.79 Å². The molecule has 0 aliphatic heterocycles. The fraction of sp³-hybridized carbons (Fsp3) is 0.400. The van der Waals surface area contributed by atoms with Gasteiger partial charge in [-0.2, -0.15) is 0 Å². The largest absolute Gasteiger partial charge is 0.573 e. The zero-order valence-corrected chi connectivity index (χ0v) is 12.5. The maximum atomic E-state index is 12.3. The molecule has 7 heteroatoms. The van der Waals surface area contributed by atoms with Gasteiger partial charge in [-0.1, -0.05) is 30.4 Å². The van der Waals surface area contributed by atoms with E-state index in [4.69, 9.17) is 4.74 Å². The summed E-state index contributed by atoms with van der Waals surface area (Å²) in [7, 11) is 0. The van der Waals surface area contributed by atoms with E-state index in [1.807, 2.05) is 0 Å². The fourth-order valence-electron chi connectivity index (χ4n) is 1.48. The molecule has 0 spiro atoms. The first kappa shape index (κ1) is 17.9. The van der Waals surface area contributed by atoms with Crippen molar-refractivity contribution < 1.29 is 27.4 Å². The molecule has 0 saturated heterocycles. The van der Waals surface area contributed by atoms with Crippen molar-refractivity contribution >= 4 is 12.2 Å². The molecule has 0 unspecified atom stereocenters. The van der Waals surface area contributed by atoms with Crippen LogP contribution in [0.4, 0.5) is 18.0 Å². The van der Waals surface area contributed by atoms with Crippen molar-refractivity contribution in [2.45, 2.75) is 32.7 Å². The van der Waals surface area contributed by atoms with Crippen molar-refractivity contribution in [2.75, 3.05) is 6.54 Å². The fourth-order valence-corrected chi connectivity index (χ4v) is 1.48. The lowest BCUT2D eigenvalue weighted by Crippen LogP contribution is -2.32. The van der Waals surface area contributed by atoms with Gasteiger partial charge in [0.1, 0.15) is 11.4 Å². The summed E-state index contributed by atoms with van der Waals surface area (Å²) in [6, 6.07) is 5.72. The third-order valence-electron chi connectivity index (χ3n) is 2.21. The maximum absolute atomic E-state index is 12.3. The number of carbonyl (C=O) groups is 1. The Hall–Kier alpha value is -2.18. The number of alkyl halides is 3. The Kier molecular flexibility index (Phi) is 5.84. The van der Waals surface area contributed by atoms with Crippen LogP contribution in [-0.2, 0) is 4.74 Å². The van der Waals surface area contributed by atoms with Crippen LogP contribution in [-0.4, -0.2) is 24.6 Å². The molecular formula is C15H18F3NO3. The molecule has 0 heterocycles. The van der Waals surface area contributed by atoms with E-state index in [0.717, 1.165) is 0 Å². The highest BCUT2D eigenvalue weighted by atomic mass is 19.4. The summed E-state index contributed by atoms with van der Waals surface area (Å²) >= 11 is 0. The number of alkyl carbamates (subject to hydrolysis) is 1.